The van der Waals surface area contributed by atoms with Gasteiger partial charge in [-0.1, -0.05) is 0 Å². The summed E-state index contributed by atoms with van der Waals surface area (Å²) < 4.78 is 31.8. The summed E-state index contributed by atoms with van der Waals surface area (Å²) in [4.78, 5) is 21.4. The van der Waals surface area contributed by atoms with E-state index in [1.165, 1.54) is 0 Å². The van der Waals surface area contributed by atoms with Gasteiger partial charge in [0.2, 0.25) is 5.91 Å². The van der Waals surface area contributed by atoms with Crippen molar-refractivity contribution >= 4 is 12.2 Å². The van der Waals surface area contributed by atoms with Crippen LogP contribution in [0.1, 0.15) is 19.8 Å². The van der Waals surface area contributed by atoms with E-state index in [0.29, 0.717) is 92.2 Å². The predicted molar refractivity (Wildman–Crippen MR) is 98.9 cm³/mol. The van der Waals surface area contributed by atoms with E-state index in [0.717, 1.165) is 6.29 Å². The average Bonchev–Trinajstić information content (AvgIpc) is 2.67. The topological polar surface area (TPSA) is 102 Å². The summed E-state index contributed by atoms with van der Waals surface area (Å²) in [6, 6.07) is 0. The van der Waals surface area contributed by atoms with Gasteiger partial charge in [0.1, 0.15) is 6.29 Å². The van der Waals surface area contributed by atoms with Crippen LogP contribution in [-0.4, -0.2) is 98.0 Å². The molecule has 0 aromatic rings. The second kappa shape index (κ2) is 22.9. The summed E-state index contributed by atoms with van der Waals surface area (Å²) in [5.74, 6) is -0.120. The summed E-state index contributed by atoms with van der Waals surface area (Å²) in [6.45, 7) is 8.54. The fraction of sp³-hybridized carbons (Fsp3) is 0.889. The summed E-state index contributed by atoms with van der Waals surface area (Å²) in [5.41, 5.74) is 0. The van der Waals surface area contributed by atoms with Gasteiger partial charge in [-0.05, 0) is 6.92 Å². The molecule has 160 valence electrons. The van der Waals surface area contributed by atoms with Gasteiger partial charge < -0.3 is 38.5 Å². The molecular formula is C18H35NO8. The number of carbonyl (C=O) groups excluding carboxylic acids is 2. The normalized spacial score (nSPS) is 10.9. The number of amides is 1. The molecule has 27 heavy (non-hydrogen) atoms. The SMILES string of the molecule is CCOCCOCCOCCOCCOCCOCCC(=O)NCCC=O. The average molecular weight is 393 g/mol. The molecule has 9 nitrogen and oxygen atoms in total. The molecule has 1 amide bonds. The van der Waals surface area contributed by atoms with E-state index < -0.39 is 0 Å². The first-order chi connectivity index (χ1) is 13.3. The highest BCUT2D eigenvalue weighted by Gasteiger charge is 2.00. The van der Waals surface area contributed by atoms with Crippen molar-refractivity contribution in [1.82, 2.24) is 5.32 Å². The Morgan fingerprint density at radius 2 is 1.11 bits per heavy atom. The molecule has 0 fully saturated rings. The minimum atomic E-state index is -0.120. The number of ether oxygens (including phenoxy) is 6. The zero-order valence-corrected chi connectivity index (χ0v) is 16.4. The number of hydrogen-bond acceptors (Lipinski definition) is 8. The van der Waals surface area contributed by atoms with Gasteiger partial charge in [0.25, 0.3) is 0 Å². The van der Waals surface area contributed by atoms with Crippen LogP contribution >= 0.6 is 0 Å². The zero-order chi connectivity index (χ0) is 19.8. The van der Waals surface area contributed by atoms with Crippen LogP contribution in [0.15, 0.2) is 0 Å². The molecule has 0 aliphatic rings. The van der Waals surface area contributed by atoms with E-state index in [4.69, 9.17) is 28.4 Å². The monoisotopic (exact) mass is 393 g/mol. The van der Waals surface area contributed by atoms with Gasteiger partial charge in [0, 0.05) is 26.0 Å². The first-order valence-electron chi connectivity index (χ1n) is 9.48. The highest BCUT2D eigenvalue weighted by molar-refractivity contribution is 5.76. The van der Waals surface area contributed by atoms with Crippen LogP contribution < -0.4 is 5.32 Å². The van der Waals surface area contributed by atoms with Crippen LogP contribution in [0, 0.1) is 0 Å². The molecule has 9 heteroatoms. The standard InChI is InChI=1S/C18H35NO8/c1-2-22-8-9-24-12-13-26-16-17-27-15-14-25-11-10-23-7-4-18(21)19-5-3-6-20/h6H,2-5,7-17H2,1H3,(H,19,21). The molecule has 1 N–H and O–H groups in total. The number of aldehydes is 1. The predicted octanol–water partition coefficient (Wildman–Crippen LogP) is 0.201. The quantitative estimate of drug-likeness (QED) is 0.206. The highest BCUT2D eigenvalue weighted by atomic mass is 16.6. The van der Waals surface area contributed by atoms with Crippen LogP contribution in [-0.2, 0) is 38.0 Å². The Labute approximate surface area is 161 Å². The summed E-state index contributed by atoms with van der Waals surface area (Å²) in [5, 5.41) is 2.62. The minimum absolute atomic E-state index is 0.120. The van der Waals surface area contributed by atoms with Crippen LogP contribution in [0.4, 0.5) is 0 Å². The largest absolute Gasteiger partial charge is 0.379 e. The fourth-order valence-electron chi connectivity index (χ4n) is 1.77. The Balaban J connectivity index is 3.06. The molecular weight excluding hydrogens is 358 g/mol. The Bertz CT molecular complexity index is 330. The molecule has 0 saturated carbocycles. The Hall–Kier alpha value is -1.10. The van der Waals surface area contributed by atoms with Gasteiger partial charge in [-0.15, -0.1) is 0 Å². The van der Waals surface area contributed by atoms with E-state index in [1.54, 1.807) is 0 Å². The van der Waals surface area contributed by atoms with Crippen molar-refractivity contribution in [2.75, 3.05) is 85.8 Å². The summed E-state index contributed by atoms with van der Waals surface area (Å²) in [7, 11) is 0. The van der Waals surface area contributed by atoms with Gasteiger partial charge in [-0.25, -0.2) is 0 Å². The van der Waals surface area contributed by atoms with Crippen LogP contribution in [0.3, 0.4) is 0 Å². The van der Waals surface area contributed by atoms with Crippen LogP contribution in [0.5, 0.6) is 0 Å². The number of carbonyl (C=O) groups is 2. The Kier molecular flexibility index (Phi) is 22.0. The minimum Gasteiger partial charge on any atom is -0.379 e. The first-order valence-corrected chi connectivity index (χ1v) is 9.48. The van der Waals surface area contributed by atoms with Crippen molar-refractivity contribution in [3.8, 4) is 0 Å². The lowest BCUT2D eigenvalue weighted by molar-refractivity contribution is -0.122. The lowest BCUT2D eigenvalue weighted by atomic mass is 10.4. The van der Waals surface area contributed by atoms with Crippen molar-refractivity contribution in [1.29, 1.82) is 0 Å². The molecule has 0 aromatic carbocycles. The second-order valence-corrected chi connectivity index (χ2v) is 5.31. The molecule has 0 atom stereocenters. The molecule has 0 radical (unpaired) electrons. The Morgan fingerprint density at radius 3 is 1.52 bits per heavy atom. The molecule has 0 heterocycles. The molecule has 0 saturated heterocycles. The van der Waals surface area contributed by atoms with Gasteiger partial charge in [-0.3, -0.25) is 4.79 Å². The van der Waals surface area contributed by atoms with Crippen LogP contribution in [0.2, 0.25) is 0 Å². The van der Waals surface area contributed by atoms with Gasteiger partial charge in [-0.2, -0.15) is 0 Å². The molecule has 0 aliphatic carbocycles. The number of rotatable bonds is 22. The second-order valence-electron chi connectivity index (χ2n) is 5.31. The number of hydrogen-bond donors (Lipinski definition) is 1. The van der Waals surface area contributed by atoms with Crippen LogP contribution in [0.25, 0.3) is 0 Å². The lowest BCUT2D eigenvalue weighted by Crippen LogP contribution is -2.25. The maximum absolute atomic E-state index is 11.3. The molecule has 0 aliphatic heterocycles. The third-order valence-electron chi connectivity index (χ3n) is 3.12. The first kappa shape index (κ1) is 25.9. The molecule has 0 spiro atoms. The smallest absolute Gasteiger partial charge is 0.222 e. The van der Waals surface area contributed by atoms with Gasteiger partial charge >= 0.3 is 0 Å². The molecule has 0 rings (SSSR count). The van der Waals surface area contributed by atoms with Crippen molar-refractivity contribution in [3.63, 3.8) is 0 Å². The molecule has 0 bridgehead atoms. The highest BCUT2D eigenvalue weighted by Crippen LogP contribution is 1.86. The molecule has 0 aromatic heterocycles. The lowest BCUT2D eigenvalue weighted by Gasteiger charge is -2.08. The summed E-state index contributed by atoms with van der Waals surface area (Å²) in [6.07, 6.45) is 1.38. The van der Waals surface area contributed by atoms with Crippen molar-refractivity contribution < 1.29 is 38.0 Å². The third kappa shape index (κ3) is 22.9. The summed E-state index contributed by atoms with van der Waals surface area (Å²) >= 11 is 0. The third-order valence-corrected chi connectivity index (χ3v) is 3.12. The van der Waals surface area contributed by atoms with Crippen molar-refractivity contribution in [2.24, 2.45) is 0 Å². The van der Waals surface area contributed by atoms with Crippen molar-refractivity contribution in [3.05, 3.63) is 0 Å². The Morgan fingerprint density at radius 1 is 0.704 bits per heavy atom. The van der Waals surface area contributed by atoms with Gasteiger partial charge in [0.05, 0.1) is 72.7 Å². The van der Waals surface area contributed by atoms with E-state index in [2.05, 4.69) is 5.32 Å². The fourth-order valence-corrected chi connectivity index (χ4v) is 1.77. The van der Waals surface area contributed by atoms with E-state index in [1.807, 2.05) is 6.92 Å². The maximum Gasteiger partial charge on any atom is 0.222 e. The van der Waals surface area contributed by atoms with E-state index in [-0.39, 0.29) is 12.3 Å². The van der Waals surface area contributed by atoms with E-state index >= 15 is 0 Å². The van der Waals surface area contributed by atoms with E-state index in [9.17, 15) is 9.59 Å². The maximum atomic E-state index is 11.3. The van der Waals surface area contributed by atoms with Crippen molar-refractivity contribution in [2.45, 2.75) is 19.8 Å². The van der Waals surface area contributed by atoms with Gasteiger partial charge in [0.15, 0.2) is 0 Å². The number of nitrogens with one attached hydrogen (secondary N) is 1. The zero-order valence-electron chi connectivity index (χ0n) is 16.4. The molecule has 0 unspecified atom stereocenters.